The zero-order valence-corrected chi connectivity index (χ0v) is 30.3. The fourth-order valence-corrected chi connectivity index (χ4v) is 10.0. The van der Waals surface area contributed by atoms with Crippen LogP contribution >= 0.6 is 0 Å². The van der Waals surface area contributed by atoms with Crippen molar-refractivity contribution in [3.63, 3.8) is 0 Å². The minimum absolute atomic E-state index is 0.00112. The van der Waals surface area contributed by atoms with Crippen LogP contribution in [0.5, 0.6) is 0 Å². The number of Topliss-reactive ketones (excluding diaryl/α,β-unsaturated/α-hetero) is 1. The molecule has 3 saturated carbocycles. The zero-order valence-electron chi connectivity index (χ0n) is 30.3. The lowest BCUT2D eigenvalue weighted by molar-refractivity contribution is -0.152. The number of carbonyl (C=O) groups excluding carboxylic acids is 3. The fourth-order valence-electron chi connectivity index (χ4n) is 10.0. The van der Waals surface area contributed by atoms with Gasteiger partial charge in [0.15, 0.2) is 5.78 Å². The smallest absolute Gasteiger partial charge is 0.306 e. The number of ether oxygens (including phenoxy) is 1. The van der Waals surface area contributed by atoms with Crippen molar-refractivity contribution in [1.82, 2.24) is 0 Å². The van der Waals surface area contributed by atoms with Crippen LogP contribution in [0.1, 0.15) is 201 Å². The Kier molecular flexibility index (Phi) is 15.4. The molecule has 6 atom stereocenters. The van der Waals surface area contributed by atoms with Crippen molar-refractivity contribution in [2.45, 2.75) is 207 Å². The van der Waals surface area contributed by atoms with Crippen LogP contribution in [0.4, 0.5) is 0 Å². The summed E-state index contributed by atoms with van der Waals surface area (Å²) in [6.07, 6.45) is 35.5. The van der Waals surface area contributed by atoms with Crippen molar-refractivity contribution in [2.24, 2.45) is 28.6 Å². The molecule has 0 bridgehead atoms. The molecule has 0 amide bonds. The Labute approximate surface area is 283 Å². The highest BCUT2D eigenvalue weighted by atomic mass is 16.5. The van der Waals surface area contributed by atoms with Gasteiger partial charge in [-0.25, -0.2) is 0 Å². The molecular weight excluding hydrogens is 568 g/mol. The molecule has 4 aliphatic carbocycles. The van der Waals surface area contributed by atoms with Crippen LogP contribution in [-0.4, -0.2) is 23.6 Å². The average molecular weight is 639 g/mol. The standard InChI is InChI=1S/C42H70O4/c1-4-5-6-7-8-9-10-11-12-13-14-15-16-17-18-19-20-21-22-23-24-39(45)46-34-27-29-41(2)33(31-34)32-37(43)40-35-25-26-38(44)42(35,3)30-28-36(40)41/h32,34-36,40H,4-31H2,1-3H3/t34-,35?,36?,40?,41-,42-/m0/s1. The second-order valence-electron chi connectivity index (χ2n) is 16.5. The van der Waals surface area contributed by atoms with E-state index in [1.807, 2.05) is 6.08 Å². The van der Waals surface area contributed by atoms with Gasteiger partial charge in [-0.3, -0.25) is 14.4 Å². The Morgan fingerprint density at radius 1 is 0.674 bits per heavy atom. The molecule has 4 rings (SSSR count). The summed E-state index contributed by atoms with van der Waals surface area (Å²) < 4.78 is 5.96. The van der Waals surface area contributed by atoms with Crippen LogP contribution < -0.4 is 0 Å². The molecule has 4 heteroatoms. The van der Waals surface area contributed by atoms with Crippen LogP contribution in [0.25, 0.3) is 0 Å². The van der Waals surface area contributed by atoms with Gasteiger partial charge in [-0.15, -0.1) is 0 Å². The SMILES string of the molecule is CCCCCCCCCCCCCCCCCCCCCCC(=O)O[C@H]1CC[C@@]2(C)C(=CC(=O)C3C2CC[C@]2(C)C(=O)CCC32)C1. The van der Waals surface area contributed by atoms with E-state index in [4.69, 9.17) is 4.74 Å². The van der Waals surface area contributed by atoms with Crippen LogP contribution in [0.15, 0.2) is 11.6 Å². The molecule has 4 nitrogen and oxygen atoms in total. The van der Waals surface area contributed by atoms with Gasteiger partial charge in [0, 0.05) is 30.6 Å². The lowest BCUT2D eigenvalue weighted by Gasteiger charge is -2.56. The molecule has 4 aliphatic rings. The maximum absolute atomic E-state index is 13.5. The zero-order chi connectivity index (χ0) is 32.8. The Bertz CT molecular complexity index is 998. The first-order chi connectivity index (χ1) is 22.3. The molecule has 0 saturated heterocycles. The van der Waals surface area contributed by atoms with Crippen molar-refractivity contribution in [3.05, 3.63) is 11.6 Å². The van der Waals surface area contributed by atoms with Crippen molar-refractivity contribution in [3.8, 4) is 0 Å². The molecular formula is C42H70O4. The van der Waals surface area contributed by atoms with E-state index in [2.05, 4.69) is 20.8 Å². The van der Waals surface area contributed by atoms with Crippen molar-refractivity contribution in [2.75, 3.05) is 0 Å². The van der Waals surface area contributed by atoms with Gasteiger partial charge in [-0.2, -0.15) is 0 Å². The maximum atomic E-state index is 13.5. The second kappa shape index (κ2) is 18.9. The van der Waals surface area contributed by atoms with Crippen LogP contribution in [-0.2, 0) is 19.1 Å². The summed E-state index contributed by atoms with van der Waals surface area (Å²) in [5.74, 6) is 1.08. The predicted octanol–water partition coefficient (Wildman–Crippen LogP) is 11.8. The van der Waals surface area contributed by atoms with E-state index in [9.17, 15) is 14.4 Å². The lowest BCUT2D eigenvalue weighted by Crippen LogP contribution is -2.53. The molecule has 0 aliphatic heterocycles. The summed E-state index contributed by atoms with van der Waals surface area (Å²) in [5, 5.41) is 0. The van der Waals surface area contributed by atoms with E-state index in [0.717, 1.165) is 44.9 Å². The number of hydrogen-bond donors (Lipinski definition) is 0. The molecule has 0 aromatic rings. The number of ketones is 2. The average Bonchev–Trinajstić information content (AvgIpc) is 3.34. The third kappa shape index (κ3) is 10.0. The molecule has 3 unspecified atom stereocenters. The number of fused-ring (bicyclic) bond motifs is 5. The van der Waals surface area contributed by atoms with E-state index in [-0.39, 0.29) is 40.5 Å². The Morgan fingerprint density at radius 2 is 1.15 bits per heavy atom. The first-order valence-corrected chi connectivity index (χ1v) is 20.3. The largest absolute Gasteiger partial charge is 0.462 e. The second-order valence-corrected chi connectivity index (χ2v) is 16.5. The third-order valence-electron chi connectivity index (χ3n) is 13.1. The molecule has 262 valence electrons. The summed E-state index contributed by atoms with van der Waals surface area (Å²) in [7, 11) is 0. The molecule has 3 fully saturated rings. The Morgan fingerprint density at radius 3 is 1.70 bits per heavy atom. The molecule has 0 aromatic heterocycles. The van der Waals surface area contributed by atoms with Crippen molar-refractivity contribution in [1.29, 1.82) is 0 Å². The summed E-state index contributed by atoms with van der Waals surface area (Å²) in [5.41, 5.74) is 0.910. The number of esters is 1. The van der Waals surface area contributed by atoms with E-state index < -0.39 is 0 Å². The Hall–Kier alpha value is -1.45. The van der Waals surface area contributed by atoms with Crippen LogP contribution in [0.2, 0.25) is 0 Å². The topological polar surface area (TPSA) is 60.4 Å². The molecule has 46 heavy (non-hydrogen) atoms. The highest BCUT2D eigenvalue weighted by molar-refractivity contribution is 5.96. The molecule has 0 spiro atoms. The van der Waals surface area contributed by atoms with Gasteiger partial charge >= 0.3 is 5.97 Å². The van der Waals surface area contributed by atoms with Gasteiger partial charge < -0.3 is 4.74 Å². The van der Waals surface area contributed by atoms with Gasteiger partial charge in [0.25, 0.3) is 0 Å². The third-order valence-corrected chi connectivity index (χ3v) is 13.1. The van der Waals surface area contributed by atoms with Crippen molar-refractivity contribution < 1.29 is 19.1 Å². The Balaban J connectivity index is 0.987. The number of hydrogen-bond acceptors (Lipinski definition) is 4. The van der Waals surface area contributed by atoms with E-state index >= 15 is 0 Å². The number of unbranched alkanes of at least 4 members (excludes halogenated alkanes) is 19. The van der Waals surface area contributed by atoms with Gasteiger partial charge in [0.2, 0.25) is 0 Å². The fraction of sp³-hybridized carbons (Fsp3) is 0.881. The summed E-state index contributed by atoms with van der Waals surface area (Å²) in [4.78, 5) is 38.8. The molecule has 0 heterocycles. The van der Waals surface area contributed by atoms with E-state index in [0.29, 0.717) is 31.0 Å². The van der Waals surface area contributed by atoms with Gasteiger partial charge in [0.05, 0.1) is 0 Å². The molecule has 0 aromatic carbocycles. The highest BCUT2D eigenvalue weighted by Crippen LogP contribution is 2.63. The lowest BCUT2D eigenvalue weighted by atomic mass is 9.48. The van der Waals surface area contributed by atoms with E-state index in [1.165, 1.54) is 121 Å². The molecule has 0 radical (unpaired) electrons. The highest BCUT2D eigenvalue weighted by Gasteiger charge is 2.61. The van der Waals surface area contributed by atoms with Crippen LogP contribution in [0.3, 0.4) is 0 Å². The normalized spacial score (nSPS) is 30.5. The van der Waals surface area contributed by atoms with Crippen molar-refractivity contribution >= 4 is 17.5 Å². The quantitative estimate of drug-likeness (QED) is 0.0874. The van der Waals surface area contributed by atoms with E-state index in [1.54, 1.807) is 0 Å². The first kappa shape index (κ1) is 37.4. The first-order valence-electron chi connectivity index (χ1n) is 20.3. The minimum atomic E-state index is -0.295. The summed E-state index contributed by atoms with van der Waals surface area (Å²) >= 11 is 0. The number of allylic oxidation sites excluding steroid dienone is 1. The van der Waals surface area contributed by atoms with Crippen LogP contribution in [0, 0.1) is 28.6 Å². The van der Waals surface area contributed by atoms with Gasteiger partial charge in [-0.05, 0) is 61.9 Å². The summed E-state index contributed by atoms with van der Waals surface area (Å²) in [6.45, 7) is 6.76. The number of carbonyl (C=O) groups is 3. The number of rotatable bonds is 22. The minimum Gasteiger partial charge on any atom is -0.462 e. The maximum Gasteiger partial charge on any atom is 0.306 e. The summed E-state index contributed by atoms with van der Waals surface area (Å²) in [6, 6.07) is 0. The molecule has 0 N–H and O–H groups in total. The monoisotopic (exact) mass is 639 g/mol. The predicted molar refractivity (Wildman–Crippen MR) is 190 cm³/mol. The van der Waals surface area contributed by atoms with Gasteiger partial charge in [-0.1, -0.05) is 148 Å². The van der Waals surface area contributed by atoms with Gasteiger partial charge in [0.1, 0.15) is 11.9 Å².